The van der Waals surface area contributed by atoms with E-state index in [-0.39, 0.29) is 18.0 Å². The number of hydrogen-bond acceptors (Lipinski definition) is 6. The van der Waals surface area contributed by atoms with E-state index in [0.717, 1.165) is 33.9 Å². The number of nitrogens with zero attached hydrogens (tertiary/aromatic N) is 1. The van der Waals surface area contributed by atoms with E-state index >= 15 is 0 Å². The third-order valence-corrected chi connectivity index (χ3v) is 5.68. The molecule has 3 aromatic rings. The van der Waals surface area contributed by atoms with Crippen molar-refractivity contribution in [3.63, 3.8) is 0 Å². The van der Waals surface area contributed by atoms with Gasteiger partial charge in [-0.25, -0.2) is 0 Å². The van der Waals surface area contributed by atoms with Crippen molar-refractivity contribution in [2.75, 3.05) is 20.3 Å². The van der Waals surface area contributed by atoms with E-state index in [1.54, 1.807) is 13.2 Å². The molecule has 0 spiro atoms. The number of rotatable bonds is 8. The van der Waals surface area contributed by atoms with Gasteiger partial charge in [0.2, 0.25) is 0 Å². The minimum absolute atomic E-state index is 0.156. The lowest BCUT2D eigenvalue weighted by Gasteiger charge is -2.31. The molecule has 0 fully saturated rings. The molecule has 0 aliphatic carbocycles. The molecule has 3 aromatic carbocycles. The van der Waals surface area contributed by atoms with Crippen LogP contribution in [0, 0.1) is 0 Å². The molecule has 1 heterocycles. The van der Waals surface area contributed by atoms with Gasteiger partial charge >= 0.3 is 0 Å². The maximum absolute atomic E-state index is 10.9. The fraction of sp³-hybridized carbons (Fsp3) is 0.296. The second kappa shape index (κ2) is 10.4. The second-order valence-electron chi connectivity index (χ2n) is 7.73. The van der Waals surface area contributed by atoms with Gasteiger partial charge in [-0.15, -0.1) is 0 Å². The molecule has 0 aromatic heterocycles. The highest BCUT2D eigenvalue weighted by Crippen LogP contribution is 2.40. The quantitative estimate of drug-likeness (QED) is 0.483. The summed E-state index contributed by atoms with van der Waals surface area (Å²) in [6, 6.07) is 21.3. The van der Waals surface area contributed by atoms with Crippen molar-refractivity contribution in [3.05, 3.63) is 83.4 Å². The maximum atomic E-state index is 10.9. The Morgan fingerprint density at radius 1 is 0.879 bits per heavy atom. The Bertz CT molecular complexity index is 1110. The number of ether oxygens (including phenoxy) is 3. The van der Waals surface area contributed by atoms with Crippen LogP contribution in [0.4, 0.5) is 0 Å². The Morgan fingerprint density at radius 3 is 2.30 bits per heavy atom. The highest BCUT2D eigenvalue weighted by molar-refractivity contribution is 6.01. The molecule has 0 saturated heterocycles. The number of aliphatic imine (C=N–C) groups is 1. The third kappa shape index (κ3) is 4.96. The van der Waals surface area contributed by atoms with Crippen molar-refractivity contribution in [2.45, 2.75) is 32.5 Å². The summed E-state index contributed by atoms with van der Waals surface area (Å²) < 4.78 is 16.8. The number of phenolic OH excluding ortho intramolecular Hbond substituents is 1. The Kier molecular flexibility index (Phi) is 7.15. The summed E-state index contributed by atoms with van der Waals surface area (Å²) in [6.45, 7) is 4.98. The molecule has 0 bridgehead atoms. The average molecular weight is 447 g/mol. The summed E-state index contributed by atoms with van der Waals surface area (Å²) >= 11 is 0. The molecular weight excluding hydrogens is 416 g/mol. The predicted molar refractivity (Wildman–Crippen MR) is 130 cm³/mol. The van der Waals surface area contributed by atoms with Crippen LogP contribution in [-0.4, -0.2) is 31.1 Å². The molecule has 6 heteroatoms. The van der Waals surface area contributed by atoms with E-state index in [1.807, 2.05) is 74.5 Å². The lowest BCUT2D eigenvalue weighted by molar-refractivity contribution is 0.313. The summed E-state index contributed by atoms with van der Waals surface area (Å²) in [5.41, 5.74) is 3.68. The van der Waals surface area contributed by atoms with Crippen molar-refractivity contribution in [2.24, 2.45) is 4.99 Å². The first-order valence-corrected chi connectivity index (χ1v) is 11.3. The van der Waals surface area contributed by atoms with Crippen LogP contribution < -0.4 is 19.5 Å². The molecule has 0 saturated carbocycles. The summed E-state index contributed by atoms with van der Waals surface area (Å²) in [6.07, 6.45) is 0.277. The van der Waals surface area contributed by atoms with Crippen LogP contribution in [0.5, 0.6) is 23.0 Å². The van der Waals surface area contributed by atoms with Crippen LogP contribution in [0.2, 0.25) is 0 Å². The topological polar surface area (TPSA) is 72.3 Å². The van der Waals surface area contributed by atoms with Crippen LogP contribution in [0.1, 0.15) is 49.2 Å². The zero-order chi connectivity index (χ0) is 23.2. The molecule has 172 valence electrons. The first-order chi connectivity index (χ1) is 16.1. The Hall–Kier alpha value is -3.51. The number of benzene rings is 3. The van der Waals surface area contributed by atoms with Gasteiger partial charge in [-0.3, -0.25) is 10.3 Å². The predicted octanol–water partition coefficient (Wildman–Crippen LogP) is 5.42. The number of phenols is 1. The molecule has 0 radical (unpaired) electrons. The number of methoxy groups -OCH3 is 1. The maximum Gasteiger partial charge on any atom is 0.162 e. The minimum atomic E-state index is -0.336. The Balaban J connectivity index is 1.75. The highest BCUT2D eigenvalue weighted by Gasteiger charge is 2.29. The van der Waals surface area contributed by atoms with Crippen LogP contribution >= 0.6 is 0 Å². The van der Waals surface area contributed by atoms with Crippen molar-refractivity contribution in [3.8, 4) is 23.0 Å². The van der Waals surface area contributed by atoms with Gasteiger partial charge in [-0.2, -0.15) is 0 Å². The van der Waals surface area contributed by atoms with Crippen LogP contribution in [0.3, 0.4) is 0 Å². The van der Waals surface area contributed by atoms with Crippen molar-refractivity contribution in [1.29, 1.82) is 0 Å². The zero-order valence-electron chi connectivity index (χ0n) is 19.2. The van der Waals surface area contributed by atoms with Gasteiger partial charge in [0.15, 0.2) is 11.5 Å². The van der Waals surface area contributed by atoms with E-state index in [9.17, 15) is 5.11 Å². The summed E-state index contributed by atoms with van der Waals surface area (Å²) in [5, 5.41) is 14.5. The van der Waals surface area contributed by atoms with Crippen molar-refractivity contribution >= 4 is 5.71 Å². The summed E-state index contributed by atoms with van der Waals surface area (Å²) in [4.78, 5) is 5.04. The number of nitrogens with one attached hydrogen (secondary N) is 1. The lowest BCUT2D eigenvalue weighted by Crippen LogP contribution is -2.33. The second-order valence-corrected chi connectivity index (χ2v) is 7.73. The van der Waals surface area contributed by atoms with E-state index in [0.29, 0.717) is 25.4 Å². The van der Waals surface area contributed by atoms with Crippen molar-refractivity contribution < 1.29 is 19.3 Å². The molecule has 4 rings (SSSR count). The number of hydrogen-bond donors (Lipinski definition) is 2. The van der Waals surface area contributed by atoms with Gasteiger partial charge in [0.1, 0.15) is 17.7 Å². The highest BCUT2D eigenvalue weighted by atomic mass is 16.5. The number of para-hydroxylation sites is 2. The SMILES string of the molecule is CCOc1ccc(C2=N[C@H](c3ccccc3OC)N[C@H](c3cccc(OCC)c3O)C2)cc1. The molecule has 1 aliphatic heterocycles. The molecule has 2 atom stereocenters. The lowest BCUT2D eigenvalue weighted by atomic mass is 9.93. The van der Waals surface area contributed by atoms with Gasteiger partial charge < -0.3 is 19.3 Å². The zero-order valence-corrected chi connectivity index (χ0v) is 19.2. The molecule has 33 heavy (non-hydrogen) atoms. The molecular formula is C27H30N2O4. The molecule has 0 unspecified atom stereocenters. The van der Waals surface area contributed by atoms with Gasteiger partial charge in [-0.05, 0) is 55.8 Å². The van der Waals surface area contributed by atoms with Crippen LogP contribution in [-0.2, 0) is 0 Å². The fourth-order valence-electron chi connectivity index (χ4n) is 4.14. The Labute approximate surface area is 194 Å². The fourth-order valence-corrected chi connectivity index (χ4v) is 4.14. The standard InChI is InChI=1S/C27H30N2O4/c1-4-32-19-15-13-18(14-16-19)22-17-23(20-10-8-12-25(26(20)30)33-5-2)29-27(28-22)21-9-6-7-11-24(21)31-3/h6-16,23,27,29-30H,4-5,17H2,1-3H3/t23-,27-/m0/s1. The van der Waals surface area contributed by atoms with Crippen LogP contribution in [0.15, 0.2) is 71.7 Å². The largest absolute Gasteiger partial charge is 0.504 e. The Morgan fingerprint density at radius 2 is 1.58 bits per heavy atom. The van der Waals surface area contributed by atoms with E-state index < -0.39 is 0 Å². The molecule has 0 amide bonds. The van der Waals surface area contributed by atoms with Crippen molar-refractivity contribution in [1.82, 2.24) is 5.32 Å². The number of aromatic hydroxyl groups is 1. The van der Waals surface area contributed by atoms with E-state index in [2.05, 4.69) is 5.32 Å². The minimum Gasteiger partial charge on any atom is -0.504 e. The van der Waals surface area contributed by atoms with Gasteiger partial charge in [0.05, 0.1) is 20.3 Å². The average Bonchev–Trinajstić information content (AvgIpc) is 2.86. The van der Waals surface area contributed by atoms with Gasteiger partial charge in [0.25, 0.3) is 0 Å². The molecule has 2 N–H and O–H groups in total. The van der Waals surface area contributed by atoms with E-state index in [1.165, 1.54) is 0 Å². The van der Waals surface area contributed by atoms with E-state index in [4.69, 9.17) is 19.2 Å². The summed E-state index contributed by atoms with van der Waals surface area (Å²) in [7, 11) is 1.66. The van der Waals surface area contributed by atoms with Crippen LogP contribution in [0.25, 0.3) is 0 Å². The first-order valence-electron chi connectivity index (χ1n) is 11.3. The molecule has 6 nitrogen and oxygen atoms in total. The van der Waals surface area contributed by atoms with Gasteiger partial charge in [0, 0.05) is 29.3 Å². The smallest absolute Gasteiger partial charge is 0.162 e. The monoisotopic (exact) mass is 446 g/mol. The normalized spacial score (nSPS) is 17.8. The third-order valence-electron chi connectivity index (χ3n) is 5.68. The molecule has 1 aliphatic rings. The first kappa shape index (κ1) is 22.7. The van der Waals surface area contributed by atoms with Gasteiger partial charge in [-0.1, -0.05) is 30.3 Å². The summed E-state index contributed by atoms with van der Waals surface area (Å²) in [5.74, 6) is 2.23.